The third kappa shape index (κ3) is 6.14. The molecular formula is C34H33ClN4O5. The fourth-order valence-corrected chi connectivity index (χ4v) is 6.42. The third-order valence-electron chi connectivity index (χ3n) is 8.28. The number of nitrogens with zero attached hydrogens (tertiary/aromatic N) is 2. The van der Waals surface area contributed by atoms with Crippen molar-refractivity contribution >= 4 is 34.8 Å². The fraction of sp³-hybridized carbons (Fsp3) is 0.265. The number of anilines is 2. The van der Waals surface area contributed by atoms with Gasteiger partial charge in [-0.1, -0.05) is 29.8 Å². The van der Waals surface area contributed by atoms with Gasteiger partial charge >= 0.3 is 0 Å². The Kier molecular flexibility index (Phi) is 8.30. The molecule has 1 saturated heterocycles. The van der Waals surface area contributed by atoms with Crippen molar-refractivity contribution in [2.45, 2.75) is 25.4 Å². The Balaban J connectivity index is 1.31. The van der Waals surface area contributed by atoms with E-state index in [1.807, 2.05) is 34.9 Å². The molecule has 3 heterocycles. The molecule has 9 nitrogen and oxygen atoms in total. The fourth-order valence-electron chi connectivity index (χ4n) is 6.21. The van der Waals surface area contributed by atoms with Crippen LogP contribution in [-0.4, -0.2) is 43.7 Å². The Morgan fingerprint density at radius 2 is 1.64 bits per heavy atom. The molecule has 0 saturated carbocycles. The highest BCUT2D eigenvalue weighted by molar-refractivity contribution is 6.30. The minimum Gasteiger partial charge on any atom is -0.497 e. The largest absolute Gasteiger partial charge is 0.497 e. The lowest BCUT2D eigenvalue weighted by atomic mass is 9.83. The number of benzene rings is 3. The van der Waals surface area contributed by atoms with Crippen LogP contribution in [0, 0.1) is 5.92 Å². The van der Waals surface area contributed by atoms with Crippen molar-refractivity contribution in [1.29, 1.82) is 0 Å². The van der Waals surface area contributed by atoms with Gasteiger partial charge in [0.25, 0.3) is 17.4 Å². The average molecular weight is 613 g/mol. The Hall–Kier alpha value is -4.76. The molecule has 0 radical (unpaired) electrons. The maximum absolute atomic E-state index is 13.6. The number of carbonyl (C=O) groups excluding carboxylic acids is 2. The molecule has 226 valence electrons. The Morgan fingerprint density at radius 1 is 0.864 bits per heavy atom. The van der Waals surface area contributed by atoms with Crippen molar-refractivity contribution in [3.05, 3.63) is 117 Å². The van der Waals surface area contributed by atoms with E-state index in [0.29, 0.717) is 59.5 Å². The van der Waals surface area contributed by atoms with Crippen LogP contribution in [0.25, 0.3) is 0 Å². The van der Waals surface area contributed by atoms with E-state index in [1.54, 1.807) is 48.5 Å². The van der Waals surface area contributed by atoms with E-state index in [9.17, 15) is 14.4 Å². The average Bonchev–Trinajstić information content (AvgIpc) is 3.03. The maximum atomic E-state index is 13.6. The minimum absolute atomic E-state index is 0.0282. The van der Waals surface area contributed by atoms with E-state index >= 15 is 0 Å². The first-order valence-corrected chi connectivity index (χ1v) is 14.8. The van der Waals surface area contributed by atoms with Gasteiger partial charge in [-0.05, 0) is 66.4 Å². The van der Waals surface area contributed by atoms with Gasteiger partial charge < -0.3 is 29.6 Å². The van der Waals surface area contributed by atoms with Gasteiger partial charge in [0.05, 0.1) is 25.6 Å². The van der Waals surface area contributed by atoms with Crippen molar-refractivity contribution < 1.29 is 19.1 Å². The molecule has 10 heteroatoms. The summed E-state index contributed by atoms with van der Waals surface area (Å²) >= 11 is 6.11. The second-order valence-electron chi connectivity index (χ2n) is 11.2. The molecule has 2 unspecified atom stereocenters. The summed E-state index contributed by atoms with van der Waals surface area (Å²) in [5.41, 5.74) is 4.01. The molecule has 3 aromatic carbocycles. The van der Waals surface area contributed by atoms with Crippen molar-refractivity contribution in [2.75, 3.05) is 37.5 Å². The predicted octanol–water partition coefficient (Wildman–Crippen LogP) is 5.32. The van der Waals surface area contributed by atoms with Gasteiger partial charge in [0.1, 0.15) is 11.5 Å². The monoisotopic (exact) mass is 612 g/mol. The number of hydrogen-bond donors (Lipinski definition) is 2. The molecule has 6 rings (SSSR count). The van der Waals surface area contributed by atoms with Gasteiger partial charge in [-0.2, -0.15) is 0 Å². The second kappa shape index (κ2) is 12.5. The number of aromatic nitrogens is 1. The number of fused-ring (bicyclic) bond motifs is 4. The topological polar surface area (TPSA) is 102 Å². The number of hydrogen-bond acceptors (Lipinski definition) is 6. The SMILES string of the molecule is COc1cc(OC)cc(C(=O)Nc2cc(C(=O)NCc3cccc(Cl)c3)ccc2N2CC3CC(C2)c2cccc(=O)n2C3)c1. The number of carbonyl (C=O) groups is 2. The normalized spacial score (nSPS) is 16.9. The van der Waals surface area contributed by atoms with Gasteiger partial charge in [0.15, 0.2) is 0 Å². The van der Waals surface area contributed by atoms with E-state index in [-0.39, 0.29) is 29.2 Å². The smallest absolute Gasteiger partial charge is 0.255 e. The Labute approximate surface area is 260 Å². The standard InChI is InChI=1S/C34H33ClN4O5/c1-43-27-13-24(14-28(16-27)44-2)34(42)37-29-15-23(33(41)36-17-21-5-3-6-26(35)12-21)9-10-31(29)38-18-22-11-25(20-38)30-7-4-8-32(40)39(30)19-22/h3-10,12-16,22,25H,11,17-20H2,1-2H3,(H,36,41)(H,37,42). The molecule has 2 aliphatic heterocycles. The quantitative estimate of drug-likeness (QED) is 0.279. The van der Waals surface area contributed by atoms with Gasteiger partial charge in [-0.25, -0.2) is 0 Å². The summed E-state index contributed by atoms with van der Waals surface area (Å²) in [6, 6.07) is 23.1. The summed E-state index contributed by atoms with van der Waals surface area (Å²) in [7, 11) is 3.05. The van der Waals surface area contributed by atoms with Crippen LogP contribution in [-0.2, 0) is 13.1 Å². The van der Waals surface area contributed by atoms with E-state index in [2.05, 4.69) is 15.5 Å². The number of methoxy groups -OCH3 is 2. The van der Waals surface area contributed by atoms with Gasteiger partial charge in [0.2, 0.25) is 0 Å². The first kappa shape index (κ1) is 29.3. The first-order chi connectivity index (χ1) is 21.3. The van der Waals surface area contributed by atoms with Crippen LogP contribution in [0.3, 0.4) is 0 Å². The zero-order valence-electron chi connectivity index (χ0n) is 24.5. The number of rotatable bonds is 8. The van der Waals surface area contributed by atoms with Crippen LogP contribution in [0.5, 0.6) is 11.5 Å². The van der Waals surface area contributed by atoms with Crippen LogP contribution in [0.15, 0.2) is 83.7 Å². The van der Waals surface area contributed by atoms with E-state index < -0.39 is 0 Å². The van der Waals surface area contributed by atoms with Crippen molar-refractivity contribution in [3.63, 3.8) is 0 Å². The van der Waals surface area contributed by atoms with Crippen LogP contribution >= 0.6 is 11.6 Å². The summed E-state index contributed by atoms with van der Waals surface area (Å²) in [5.74, 6) is 0.771. The van der Waals surface area contributed by atoms with E-state index in [0.717, 1.165) is 23.4 Å². The third-order valence-corrected chi connectivity index (χ3v) is 8.52. The number of pyridine rings is 1. The van der Waals surface area contributed by atoms with Crippen LogP contribution < -0.4 is 30.6 Å². The number of piperidine rings is 1. The molecule has 1 fully saturated rings. The molecule has 44 heavy (non-hydrogen) atoms. The van der Waals surface area contributed by atoms with Crippen LogP contribution in [0.2, 0.25) is 5.02 Å². The number of halogens is 1. The van der Waals surface area contributed by atoms with Crippen LogP contribution in [0.4, 0.5) is 11.4 Å². The molecule has 2 atom stereocenters. The number of ether oxygens (including phenoxy) is 2. The highest BCUT2D eigenvalue weighted by atomic mass is 35.5. The molecule has 2 bridgehead atoms. The molecule has 1 aromatic heterocycles. The summed E-state index contributed by atoms with van der Waals surface area (Å²) < 4.78 is 12.6. The molecule has 2 amide bonds. The maximum Gasteiger partial charge on any atom is 0.255 e. The zero-order valence-corrected chi connectivity index (χ0v) is 25.3. The van der Waals surface area contributed by atoms with Crippen molar-refractivity contribution in [3.8, 4) is 11.5 Å². The summed E-state index contributed by atoms with van der Waals surface area (Å²) in [6.45, 7) is 2.35. The summed E-state index contributed by atoms with van der Waals surface area (Å²) in [5, 5.41) is 6.59. The zero-order chi connectivity index (χ0) is 30.8. The lowest BCUT2D eigenvalue weighted by molar-refractivity contribution is 0.0949. The molecule has 2 N–H and O–H groups in total. The molecule has 4 aromatic rings. The van der Waals surface area contributed by atoms with Crippen molar-refractivity contribution in [1.82, 2.24) is 9.88 Å². The molecule has 0 spiro atoms. The van der Waals surface area contributed by atoms with Gasteiger partial charge in [-0.15, -0.1) is 0 Å². The second-order valence-corrected chi connectivity index (χ2v) is 11.6. The molecular weight excluding hydrogens is 580 g/mol. The lowest BCUT2D eigenvalue weighted by Crippen LogP contribution is -2.47. The lowest BCUT2D eigenvalue weighted by Gasteiger charge is -2.44. The highest BCUT2D eigenvalue weighted by Crippen LogP contribution is 2.39. The predicted molar refractivity (Wildman–Crippen MR) is 170 cm³/mol. The van der Waals surface area contributed by atoms with Gasteiger partial charge in [0, 0.05) is 66.1 Å². The van der Waals surface area contributed by atoms with Gasteiger partial charge in [-0.3, -0.25) is 14.4 Å². The van der Waals surface area contributed by atoms with Crippen LogP contribution in [0.1, 0.15) is 44.3 Å². The molecule has 2 aliphatic rings. The van der Waals surface area contributed by atoms with E-state index in [4.69, 9.17) is 21.1 Å². The first-order valence-electron chi connectivity index (χ1n) is 14.5. The summed E-state index contributed by atoms with van der Waals surface area (Å²) in [6.07, 6.45) is 0.995. The molecule has 0 aliphatic carbocycles. The number of amides is 2. The Bertz CT molecular complexity index is 1770. The highest BCUT2D eigenvalue weighted by Gasteiger charge is 2.35. The van der Waals surface area contributed by atoms with E-state index in [1.165, 1.54) is 14.2 Å². The number of nitrogens with one attached hydrogen (secondary N) is 2. The Morgan fingerprint density at radius 3 is 2.39 bits per heavy atom. The van der Waals surface area contributed by atoms with Crippen molar-refractivity contribution in [2.24, 2.45) is 5.92 Å². The summed E-state index contributed by atoms with van der Waals surface area (Å²) in [4.78, 5) is 41.7. The minimum atomic E-state index is -0.367.